The van der Waals surface area contributed by atoms with E-state index in [1.165, 1.54) is 17.4 Å². The first kappa shape index (κ1) is 14.7. The molecule has 10 heteroatoms. The van der Waals surface area contributed by atoms with Crippen LogP contribution in [0, 0.1) is 0 Å². The number of hydrogen-bond acceptors (Lipinski definition) is 6. The lowest BCUT2D eigenvalue weighted by Gasteiger charge is -2.08. The average Bonchev–Trinajstić information content (AvgIpc) is 3.10. The number of urea groups is 1. The fourth-order valence-corrected chi connectivity index (χ4v) is 2.84. The predicted molar refractivity (Wildman–Crippen MR) is 82.2 cm³/mol. The van der Waals surface area contributed by atoms with E-state index in [1.807, 2.05) is 0 Å². The Morgan fingerprint density at radius 1 is 1.45 bits per heavy atom. The van der Waals surface area contributed by atoms with Crippen molar-refractivity contribution in [3.63, 3.8) is 0 Å². The third kappa shape index (κ3) is 3.31. The van der Waals surface area contributed by atoms with E-state index in [2.05, 4.69) is 25.8 Å². The number of carbonyl (C=O) groups is 2. The van der Waals surface area contributed by atoms with Gasteiger partial charge in [0.05, 0.1) is 12.1 Å². The van der Waals surface area contributed by atoms with E-state index in [1.54, 1.807) is 16.3 Å². The largest absolute Gasteiger partial charge is 0.336 e. The van der Waals surface area contributed by atoms with Crippen LogP contribution < -0.4 is 15.5 Å². The Morgan fingerprint density at radius 3 is 3.00 bits per heavy atom. The van der Waals surface area contributed by atoms with Crippen molar-refractivity contribution in [1.82, 2.24) is 20.5 Å². The maximum atomic E-state index is 11.9. The van der Waals surface area contributed by atoms with Crippen molar-refractivity contribution < 1.29 is 9.59 Å². The highest BCUT2D eigenvalue weighted by Gasteiger charge is 2.24. The van der Waals surface area contributed by atoms with Gasteiger partial charge in [-0.15, -0.1) is 21.5 Å². The summed E-state index contributed by atoms with van der Waals surface area (Å²) >= 11 is 6.95. The van der Waals surface area contributed by atoms with Crippen LogP contribution in [0.4, 0.5) is 15.7 Å². The molecule has 8 nitrogen and oxygen atoms in total. The maximum absolute atomic E-state index is 11.9. The van der Waals surface area contributed by atoms with Gasteiger partial charge in [0.15, 0.2) is 16.1 Å². The zero-order chi connectivity index (χ0) is 15.5. The molecule has 3 amide bonds. The van der Waals surface area contributed by atoms with E-state index in [4.69, 9.17) is 11.6 Å². The van der Waals surface area contributed by atoms with Crippen LogP contribution in [0.3, 0.4) is 0 Å². The minimum atomic E-state index is -0.264. The second-order valence-electron chi connectivity index (χ2n) is 4.47. The molecule has 3 rings (SSSR count). The second-order valence-corrected chi connectivity index (χ2v) is 5.70. The topological polar surface area (TPSA) is 100 Å². The number of anilines is 2. The molecule has 0 unspecified atom stereocenters. The Labute approximate surface area is 134 Å². The van der Waals surface area contributed by atoms with Crippen LogP contribution in [-0.2, 0) is 11.2 Å². The summed E-state index contributed by atoms with van der Waals surface area (Å²) in [5, 5.41) is 15.3. The van der Waals surface area contributed by atoms with Gasteiger partial charge in [0.2, 0.25) is 5.91 Å². The highest BCUT2D eigenvalue weighted by molar-refractivity contribution is 7.14. The Hall–Kier alpha value is -2.26. The van der Waals surface area contributed by atoms with Gasteiger partial charge < -0.3 is 10.6 Å². The van der Waals surface area contributed by atoms with Crippen molar-refractivity contribution in [3.05, 3.63) is 28.4 Å². The van der Waals surface area contributed by atoms with Crippen molar-refractivity contribution >= 4 is 45.8 Å². The van der Waals surface area contributed by atoms with Crippen LogP contribution in [0.25, 0.3) is 0 Å². The number of thiazole rings is 1. The standard InChI is InChI=1S/C12H11ClN6O2S/c13-8-1-2-9(18-17-8)16-10(20)5-7-6-22-12(15-7)19-4-3-14-11(19)21/h1-2,6H,3-5H2,(H,14,21)(H,16,18,20). The summed E-state index contributed by atoms with van der Waals surface area (Å²) in [4.78, 5) is 29.3. The van der Waals surface area contributed by atoms with Crippen molar-refractivity contribution in [2.24, 2.45) is 0 Å². The van der Waals surface area contributed by atoms with Crippen LogP contribution in [0.1, 0.15) is 5.69 Å². The van der Waals surface area contributed by atoms with Crippen LogP contribution >= 0.6 is 22.9 Å². The van der Waals surface area contributed by atoms with Crippen LogP contribution in [0.5, 0.6) is 0 Å². The van der Waals surface area contributed by atoms with Gasteiger partial charge in [-0.25, -0.2) is 9.78 Å². The second kappa shape index (κ2) is 6.24. The van der Waals surface area contributed by atoms with E-state index in [-0.39, 0.29) is 23.5 Å². The summed E-state index contributed by atoms with van der Waals surface area (Å²) in [6, 6.07) is 2.94. The van der Waals surface area contributed by atoms with Gasteiger partial charge in [-0.2, -0.15) is 0 Å². The third-order valence-electron chi connectivity index (χ3n) is 2.87. The molecule has 0 atom stereocenters. The Kier molecular flexibility index (Phi) is 4.16. The molecule has 0 bridgehead atoms. The van der Waals surface area contributed by atoms with E-state index in [9.17, 15) is 9.59 Å². The number of rotatable bonds is 4. The van der Waals surface area contributed by atoms with Gasteiger partial charge in [0, 0.05) is 18.5 Å². The van der Waals surface area contributed by atoms with Crippen LogP contribution in [0.15, 0.2) is 17.5 Å². The number of nitrogens with zero attached hydrogens (tertiary/aromatic N) is 4. The van der Waals surface area contributed by atoms with Gasteiger partial charge in [-0.1, -0.05) is 11.6 Å². The molecule has 1 fully saturated rings. The predicted octanol–water partition coefficient (Wildman–Crippen LogP) is 1.30. The number of carbonyl (C=O) groups excluding carboxylic acids is 2. The number of hydrogen-bond donors (Lipinski definition) is 2. The Bertz CT molecular complexity index is 704. The smallest absolute Gasteiger partial charge is 0.323 e. The highest BCUT2D eigenvalue weighted by atomic mass is 35.5. The van der Waals surface area contributed by atoms with E-state index in [0.717, 1.165) is 0 Å². The molecule has 0 saturated carbocycles. The SMILES string of the molecule is O=C(Cc1csc(N2CCNC2=O)n1)Nc1ccc(Cl)nn1. The molecule has 0 aromatic carbocycles. The first-order chi connectivity index (χ1) is 10.6. The molecule has 1 aliphatic rings. The van der Waals surface area contributed by atoms with Crippen molar-refractivity contribution in [2.75, 3.05) is 23.3 Å². The maximum Gasteiger partial charge on any atom is 0.323 e. The summed E-state index contributed by atoms with van der Waals surface area (Å²) in [5.41, 5.74) is 0.596. The molecule has 2 aromatic heterocycles. The number of amides is 3. The van der Waals surface area contributed by atoms with Crippen LogP contribution in [-0.4, -0.2) is 40.2 Å². The summed E-state index contributed by atoms with van der Waals surface area (Å²) < 4.78 is 0. The molecule has 22 heavy (non-hydrogen) atoms. The zero-order valence-electron chi connectivity index (χ0n) is 11.2. The number of aromatic nitrogens is 3. The van der Waals surface area contributed by atoms with E-state index < -0.39 is 0 Å². The molecule has 3 heterocycles. The normalized spacial score (nSPS) is 14.0. The molecule has 1 saturated heterocycles. The number of halogens is 1. The molecule has 0 aliphatic carbocycles. The Balaban J connectivity index is 1.61. The zero-order valence-corrected chi connectivity index (χ0v) is 12.8. The summed E-state index contributed by atoms with van der Waals surface area (Å²) in [7, 11) is 0. The van der Waals surface area contributed by atoms with Gasteiger partial charge in [-0.05, 0) is 12.1 Å². The lowest BCUT2D eigenvalue weighted by molar-refractivity contribution is -0.115. The first-order valence-corrected chi connectivity index (χ1v) is 7.66. The van der Waals surface area contributed by atoms with Gasteiger partial charge in [-0.3, -0.25) is 9.69 Å². The van der Waals surface area contributed by atoms with E-state index in [0.29, 0.717) is 29.7 Å². The summed E-state index contributed by atoms with van der Waals surface area (Å²) in [5.74, 6) is 0.0584. The molecule has 2 N–H and O–H groups in total. The van der Waals surface area contributed by atoms with Crippen molar-refractivity contribution in [3.8, 4) is 0 Å². The highest BCUT2D eigenvalue weighted by Crippen LogP contribution is 2.22. The third-order valence-corrected chi connectivity index (χ3v) is 3.98. The minimum Gasteiger partial charge on any atom is -0.336 e. The fourth-order valence-electron chi connectivity index (χ4n) is 1.89. The summed E-state index contributed by atoms with van der Waals surface area (Å²) in [6.45, 7) is 1.18. The Morgan fingerprint density at radius 2 is 2.32 bits per heavy atom. The monoisotopic (exact) mass is 338 g/mol. The molecular weight excluding hydrogens is 328 g/mol. The van der Waals surface area contributed by atoms with Gasteiger partial charge >= 0.3 is 6.03 Å². The lowest BCUT2D eigenvalue weighted by atomic mass is 10.3. The average molecular weight is 339 g/mol. The molecular formula is C12H11ClN6O2S. The molecule has 114 valence electrons. The van der Waals surface area contributed by atoms with Gasteiger partial charge in [0.25, 0.3) is 0 Å². The quantitative estimate of drug-likeness (QED) is 0.875. The van der Waals surface area contributed by atoms with Crippen LogP contribution in [0.2, 0.25) is 5.15 Å². The van der Waals surface area contributed by atoms with Crippen molar-refractivity contribution in [1.29, 1.82) is 0 Å². The molecule has 1 aliphatic heterocycles. The summed E-state index contributed by atoms with van der Waals surface area (Å²) in [6.07, 6.45) is 0.0935. The lowest BCUT2D eigenvalue weighted by Crippen LogP contribution is -2.27. The molecule has 0 spiro atoms. The minimum absolute atomic E-state index is 0.0935. The van der Waals surface area contributed by atoms with Crippen molar-refractivity contribution in [2.45, 2.75) is 6.42 Å². The molecule has 0 radical (unpaired) electrons. The van der Waals surface area contributed by atoms with E-state index >= 15 is 0 Å². The van der Waals surface area contributed by atoms with Gasteiger partial charge in [0.1, 0.15) is 0 Å². The molecule has 2 aromatic rings. The first-order valence-electron chi connectivity index (χ1n) is 6.40. The fraction of sp³-hybridized carbons (Fsp3) is 0.250. The number of nitrogens with one attached hydrogen (secondary N) is 2.